The molecule has 11 heteroatoms. The van der Waals surface area contributed by atoms with Crippen LogP contribution in [0.5, 0.6) is 28.7 Å². The Kier molecular flexibility index (Phi) is 5.75. The number of ether oxygens (including phenoxy) is 3. The van der Waals surface area contributed by atoms with Crippen LogP contribution in [0.1, 0.15) is 17.2 Å². The lowest BCUT2D eigenvalue weighted by Gasteiger charge is -2.40. The molecule has 4 rings (SSSR count). The van der Waals surface area contributed by atoms with Crippen LogP contribution in [0, 0.1) is 0 Å². The van der Waals surface area contributed by atoms with Crippen LogP contribution in [0.4, 0.5) is 0 Å². The molecule has 2 aliphatic rings. The molecule has 0 aliphatic carbocycles. The maximum absolute atomic E-state index is 10.3. The number of phenols is 4. The average Bonchev–Trinajstić information content (AvgIpc) is 2.76. The second kappa shape index (κ2) is 8.37. The first-order valence-electron chi connectivity index (χ1n) is 9.67. The van der Waals surface area contributed by atoms with E-state index in [2.05, 4.69) is 4.74 Å². The first kappa shape index (κ1) is 22.0. The largest absolute Gasteiger partial charge is 0.571 e. The zero-order valence-corrected chi connectivity index (χ0v) is 16.5. The lowest BCUT2D eigenvalue weighted by atomic mass is 9.98. The van der Waals surface area contributed by atoms with E-state index in [-0.39, 0.29) is 34.3 Å². The lowest BCUT2D eigenvalue weighted by Crippen LogP contribution is -2.59. The zero-order valence-electron chi connectivity index (χ0n) is 16.5. The molecule has 2 heterocycles. The minimum Gasteiger partial charge on any atom is -0.571 e. The molecule has 6 atom stereocenters. The Morgan fingerprint density at radius 3 is 2.31 bits per heavy atom. The van der Waals surface area contributed by atoms with Gasteiger partial charge in [-0.3, -0.25) is 0 Å². The molecule has 0 amide bonds. The highest BCUT2D eigenvalue weighted by Crippen LogP contribution is 2.46. The smallest absolute Gasteiger partial charge is 0.270 e. The quantitative estimate of drug-likeness (QED) is 0.225. The van der Waals surface area contributed by atoms with Crippen LogP contribution < -0.4 is 0 Å². The van der Waals surface area contributed by atoms with Crippen molar-refractivity contribution in [3.8, 4) is 28.7 Å². The summed E-state index contributed by atoms with van der Waals surface area (Å²) in [5.74, 6) is -1.08. The Morgan fingerprint density at radius 2 is 1.62 bits per heavy atom. The number of phenolic OH excluding ortho intramolecular Hbond substituents is 4. The normalized spacial score (nSPS) is 29.6. The van der Waals surface area contributed by atoms with Gasteiger partial charge in [0.05, 0.1) is 18.2 Å². The van der Waals surface area contributed by atoms with E-state index in [1.807, 2.05) is 0 Å². The molecule has 1 saturated heterocycles. The molecule has 0 bridgehead atoms. The SMILES string of the molecule is OC[C@H]1OC(OC2=Cc3c(O)cc(O)cc3[OH+]C2c2ccc(O)c(O)c2)[C@H](O)[C@H](O)C1O. The number of rotatable bonds is 4. The molecule has 172 valence electrons. The van der Waals surface area contributed by atoms with E-state index in [0.717, 1.165) is 6.07 Å². The Morgan fingerprint density at radius 1 is 0.875 bits per heavy atom. The fourth-order valence-electron chi connectivity index (χ4n) is 3.63. The van der Waals surface area contributed by atoms with Crippen LogP contribution in [0.2, 0.25) is 0 Å². The Bertz CT molecular complexity index is 1030. The Balaban J connectivity index is 1.74. The van der Waals surface area contributed by atoms with E-state index in [0.29, 0.717) is 5.56 Å². The van der Waals surface area contributed by atoms with E-state index in [9.17, 15) is 40.9 Å². The van der Waals surface area contributed by atoms with Crippen molar-refractivity contribution in [2.45, 2.75) is 36.8 Å². The predicted octanol–water partition coefficient (Wildman–Crippen LogP) is -0.337. The number of aliphatic hydroxyl groups excluding tert-OH is 4. The molecule has 11 nitrogen and oxygen atoms in total. The predicted molar refractivity (Wildman–Crippen MR) is 107 cm³/mol. The van der Waals surface area contributed by atoms with Crippen molar-refractivity contribution in [3.05, 3.63) is 47.2 Å². The Hall–Kier alpha value is -3.22. The van der Waals surface area contributed by atoms with Gasteiger partial charge in [0.25, 0.3) is 11.9 Å². The summed E-state index contributed by atoms with van der Waals surface area (Å²) in [5, 5.41) is 79.3. The highest BCUT2D eigenvalue weighted by molar-refractivity contribution is 5.69. The second-order valence-electron chi connectivity index (χ2n) is 7.54. The number of fused-ring (bicyclic) bond motifs is 1. The van der Waals surface area contributed by atoms with Gasteiger partial charge in [0.1, 0.15) is 41.5 Å². The average molecular weight is 451 g/mol. The van der Waals surface area contributed by atoms with E-state index in [4.69, 9.17) is 9.47 Å². The molecule has 3 unspecified atom stereocenters. The maximum atomic E-state index is 10.3. The van der Waals surface area contributed by atoms with Gasteiger partial charge >= 0.3 is 0 Å². The van der Waals surface area contributed by atoms with Crippen molar-refractivity contribution in [1.29, 1.82) is 0 Å². The summed E-state index contributed by atoms with van der Waals surface area (Å²) in [7, 11) is 0. The molecular formula is C21H23O11+. The molecule has 2 aliphatic heterocycles. The highest BCUT2D eigenvalue weighted by atomic mass is 16.7. The van der Waals surface area contributed by atoms with Crippen molar-refractivity contribution in [2.75, 3.05) is 6.61 Å². The first-order valence-corrected chi connectivity index (χ1v) is 9.67. The van der Waals surface area contributed by atoms with Gasteiger partial charge in [0.15, 0.2) is 17.3 Å². The zero-order chi connectivity index (χ0) is 23.2. The third-order valence-corrected chi connectivity index (χ3v) is 5.36. The van der Waals surface area contributed by atoms with Crippen LogP contribution in [-0.2, 0) is 9.47 Å². The van der Waals surface area contributed by atoms with Crippen LogP contribution in [-0.4, -0.2) is 82.9 Å². The summed E-state index contributed by atoms with van der Waals surface area (Å²) in [4.78, 5) is 0. The van der Waals surface area contributed by atoms with Crippen LogP contribution in [0.15, 0.2) is 36.1 Å². The molecule has 0 saturated carbocycles. The number of hydrogen-bond acceptors (Lipinski definition) is 10. The summed E-state index contributed by atoms with van der Waals surface area (Å²) in [6, 6.07) is 6.34. The summed E-state index contributed by atoms with van der Waals surface area (Å²) in [6.07, 6.45) is -7.22. The minimum atomic E-state index is -1.68. The molecule has 2 aromatic rings. The van der Waals surface area contributed by atoms with Gasteiger partial charge in [0.2, 0.25) is 6.29 Å². The van der Waals surface area contributed by atoms with Gasteiger partial charge in [-0.05, 0) is 18.2 Å². The molecule has 2 aromatic carbocycles. The molecule has 9 N–H and O–H groups in total. The summed E-state index contributed by atoms with van der Waals surface area (Å²) in [5.41, 5.74) is 0.547. The third kappa shape index (κ3) is 3.87. The van der Waals surface area contributed by atoms with Gasteiger partial charge in [-0.25, -0.2) is 0 Å². The molecule has 0 aromatic heterocycles. The molecule has 1 fully saturated rings. The first-order chi connectivity index (χ1) is 15.2. The minimum absolute atomic E-state index is 0.0212. The van der Waals surface area contributed by atoms with Crippen molar-refractivity contribution < 1.29 is 55.1 Å². The van der Waals surface area contributed by atoms with E-state index in [1.165, 1.54) is 30.3 Å². The summed E-state index contributed by atoms with van der Waals surface area (Å²) < 4.78 is 15.6. The number of benzene rings is 2. The standard InChI is InChI=1S/C21H22O11/c22-7-16-17(27)18(28)19(29)21(32-16)31-15-6-10-12(25)4-9(23)5-14(10)30-20(15)8-1-2-11(24)13(26)3-8/h1-6,16-29H,7H2/p+1/t16-,17?,18-,19-,20?,21?/m1/s1. The second-order valence-corrected chi connectivity index (χ2v) is 7.54. The van der Waals surface area contributed by atoms with Gasteiger partial charge in [0, 0.05) is 12.1 Å². The van der Waals surface area contributed by atoms with Gasteiger partial charge < -0.3 is 55.1 Å². The maximum Gasteiger partial charge on any atom is 0.270 e. The molecule has 0 spiro atoms. The van der Waals surface area contributed by atoms with E-state index < -0.39 is 49.2 Å². The molecule has 32 heavy (non-hydrogen) atoms. The van der Waals surface area contributed by atoms with E-state index >= 15 is 0 Å². The van der Waals surface area contributed by atoms with Gasteiger partial charge in [-0.2, -0.15) is 0 Å². The number of aliphatic hydroxyl groups is 5. The fraction of sp³-hybridized carbons (Fsp3) is 0.333. The molecular weight excluding hydrogens is 428 g/mol. The van der Waals surface area contributed by atoms with Crippen molar-refractivity contribution in [1.82, 2.24) is 0 Å². The van der Waals surface area contributed by atoms with Crippen LogP contribution in [0.3, 0.4) is 0 Å². The number of aromatic hydroxyl groups is 5. The summed E-state index contributed by atoms with van der Waals surface area (Å²) in [6.45, 7) is -0.646. The number of hydrogen-bond donors (Lipinski definition) is 8. The highest BCUT2D eigenvalue weighted by Gasteiger charge is 2.46. The van der Waals surface area contributed by atoms with Crippen molar-refractivity contribution >= 4 is 6.08 Å². The van der Waals surface area contributed by atoms with Crippen LogP contribution >= 0.6 is 0 Å². The van der Waals surface area contributed by atoms with Crippen molar-refractivity contribution in [2.24, 2.45) is 0 Å². The third-order valence-electron chi connectivity index (χ3n) is 5.36. The topological polar surface area (TPSA) is 193 Å². The van der Waals surface area contributed by atoms with E-state index in [1.54, 1.807) is 0 Å². The van der Waals surface area contributed by atoms with Gasteiger partial charge in [-0.1, -0.05) is 0 Å². The monoisotopic (exact) mass is 451 g/mol. The Labute approximate surface area is 181 Å². The van der Waals surface area contributed by atoms with Gasteiger partial charge in [-0.15, -0.1) is 0 Å². The lowest BCUT2D eigenvalue weighted by molar-refractivity contribution is -0.295. The fourth-order valence-corrected chi connectivity index (χ4v) is 3.63. The summed E-state index contributed by atoms with van der Waals surface area (Å²) >= 11 is 0. The van der Waals surface area contributed by atoms with Crippen molar-refractivity contribution in [3.63, 3.8) is 0 Å². The molecule has 0 radical (unpaired) electrons. The van der Waals surface area contributed by atoms with Crippen LogP contribution in [0.25, 0.3) is 6.08 Å².